The molecule has 0 bridgehead atoms. The SMILES string of the molecule is C=S(N)(=O)c1ccc(C(=O)N2CCOc3ccc(-c4ccc(C)c(C)c4)cc3C2)c(C)c1. The lowest BCUT2D eigenvalue weighted by atomic mass is 9.98. The maximum atomic E-state index is 13.3. The molecular formula is C26H28N2O3S. The van der Waals surface area contributed by atoms with Gasteiger partial charge in [0.2, 0.25) is 0 Å². The molecule has 0 radical (unpaired) electrons. The molecule has 1 unspecified atom stereocenters. The molecule has 0 saturated heterocycles. The van der Waals surface area contributed by atoms with Crippen molar-refractivity contribution >= 4 is 21.5 Å². The van der Waals surface area contributed by atoms with Crippen LogP contribution in [0.2, 0.25) is 0 Å². The Morgan fingerprint density at radius 3 is 2.38 bits per heavy atom. The van der Waals surface area contributed by atoms with Crippen LogP contribution in [0.5, 0.6) is 5.75 Å². The minimum absolute atomic E-state index is 0.0883. The molecule has 166 valence electrons. The molecular weight excluding hydrogens is 420 g/mol. The van der Waals surface area contributed by atoms with Crippen LogP contribution >= 0.6 is 0 Å². The Hall–Kier alpha value is -3.09. The third-order valence-electron chi connectivity index (χ3n) is 6.00. The number of carbonyl (C=O) groups is 1. The molecule has 3 aromatic carbocycles. The van der Waals surface area contributed by atoms with Gasteiger partial charge in [0, 0.05) is 22.6 Å². The van der Waals surface area contributed by atoms with E-state index in [9.17, 15) is 9.00 Å². The number of fused-ring (bicyclic) bond motifs is 1. The number of hydrogen-bond acceptors (Lipinski definition) is 3. The number of benzene rings is 3. The maximum Gasteiger partial charge on any atom is 0.254 e. The van der Waals surface area contributed by atoms with Crippen LogP contribution in [0, 0.1) is 20.8 Å². The van der Waals surface area contributed by atoms with E-state index >= 15 is 0 Å². The summed E-state index contributed by atoms with van der Waals surface area (Å²) in [5, 5.41) is 5.65. The molecule has 0 spiro atoms. The predicted molar refractivity (Wildman–Crippen MR) is 130 cm³/mol. The molecule has 6 heteroatoms. The zero-order valence-corrected chi connectivity index (χ0v) is 19.5. The number of amides is 1. The summed E-state index contributed by atoms with van der Waals surface area (Å²) in [5.41, 5.74) is 7.00. The monoisotopic (exact) mass is 448 g/mol. The van der Waals surface area contributed by atoms with E-state index in [4.69, 9.17) is 9.88 Å². The van der Waals surface area contributed by atoms with Crippen molar-refractivity contribution in [3.63, 3.8) is 0 Å². The third kappa shape index (κ3) is 4.42. The van der Waals surface area contributed by atoms with E-state index in [1.165, 1.54) is 11.1 Å². The normalized spacial score (nSPS) is 15.3. The fourth-order valence-electron chi connectivity index (χ4n) is 3.93. The summed E-state index contributed by atoms with van der Waals surface area (Å²) in [4.78, 5) is 15.6. The second-order valence-electron chi connectivity index (χ2n) is 8.40. The fourth-order valence-corrected chi connectivity index (χ4v) is 4.60. The molecule has 32 heavy (non-hydrogen) atoms. The summed E-state index contributed by atoms with van der Waals surface area (Å²) >= 11 is 0. The molecule has 1 aliphatic heterocycles. The van der Waals surface area contributed by atoms with E-state index in [2.05, 4.69) is 50.0 Å². The van der Waals surface area contributed by atoms with Gasteiger partial charge in [-0.1, -0.05) is 24.3 Å². The largest absolute Gasteiger partial charge is 0.491 e. The number of nitrogens with two attached hydrogens (primary N) is 1. The molecule has 0 aromatic heterocycles. The van der Waals surface area contributed by atoms with Crippen LogP contribution < -0.4 is 9.88 Å². The molecule has 1 heterocycles. The molecule has 5 nitrogen and oxygen atoms in total. The Morgan fingerprint density at radius 1 is 0.969 bits per heavy atom. The molecule has 2 N–H and O–H groups in total. The standard InChI is InChI=1S/C26H28N2O3S/c1-17-5-6-20(13-18(17)2)21-7-10-25-22(15-21)16-28(11-12-31-25)26(29)24-9-8-23(14-19(24)3)32(4,27)30/h5-10,13-15H,4,11-12,16H2,1-3H3,(H2,27,30). The summed E-state index contributed by atoms with van der Waals surface area (Å²) in [6.45, 7) is 7.39. The van der Waals surface area contributed by atoms with E-state index in [1.54, 1.807) is 23.1 Å². The van der Waals surface area contributed by atoms with Gasteiger partial charge in [-0.3, -0.25) is 9.93 Å². The number of nitrogens with zero attached hydrogens (tertiary/aromatic N) is 1. The lowest BCUT2D eigenvalue weighted by Gasteiger charge is -2.21. The lowest BCUT2D eigenvalue weighted by molar-refractivity contribution is 0.0732. The van der Waals surface area contributed by atoms with Crippen molar-refractivity contribution in [1.82, 2.24) is 4.90 Å². The number of rotatable bonds is 3. The quantitative estimate of drug-likeness (QED) is 0.609. The topological polar surface area (TPSA) is 72.6 Å². The van der Waals surface area contributed by atoms with Gasteiger partial charge < -0.3 is 9.64 Å². The molecule has 0 saturated carbocycles. The summed E-state index contributed by atoms with van der Waals surface area (Å²) in [6.07, 6.45) is 0. The summed E-state index contributed by atoms with van der Waals surface area (Å²) in [6, 6.07) is 17.6. The van der Waals surface area contributed by atoms with Gasteiger partial charge in [0.15, 0.2) is 0 Å². The van der Waals surface area contributed by atoms with E-state index in [0.29, 0.717) is 30.2 Å². The Labute approximate surface area is 190 Å². The molecule has 4 rings (SSSR count). The second-order valence-corrected chi connectivity index (χ2v) is 10.3. The predicted octanol–water partition coefficient (Wildman–Crippen LogP) is 4.26. The number of aryl methyl sites for hydroxylation is 3. The average molecular weight is 449 g/mol. The Bertz CT molecular complexity index is 1310. The van der Waals surface area contributed by atoms with E-state index < -0.39 is 9.71 Å². The van der Waals surface area contributed by atoms with Crippen LogP contribution in [0.1, 0.15) is 32.6 Å². The van der Waals surface area contributed by atoms with Gasteiger partial charge in [0.1, 0.15) is 12.4 Å². The van der Waals surface area contributed by atoms with Crippen molar-refractivity contribution in [2.24, 2.45) is 5.14 Å². The van der Waals surface area contributed by atoms with E-state index in [-0.39, 0.29) is 5.91 Å². The van der Waals surface area contributed by atoms with Crippen molar-refractivity contribution in [2.75, 3.05) is 13.2 Å². The van der Waals surface area contributed by atoms with Crippen LogP contribution in [0.25, 0.3) is 11.1 Å². The minimum atomic E-state index is -2.82. The van der Waals surface area contributed by atoms with Crippen molar-refractivity contribution in [3.05, 3.63) is 82.4 Å². The van der Waals surface area contributed by atoms with Gasteiger partial charge in [-0.05, 0) is 84.8 Å². The minimum Gasteiger partial charge on any atom is -0.491 e. The van der Waals surface area contributed by atoms with Crippen LogP contribution in [0.3, 0.4) is 0 Å². The maximum absolute atomic E-state index is 13.3. The number of carbonyl (C=O) groups excluding carboxylic acids is 1. The van der Waals surface area contributed by atoms with Gasteiger partial charge in [0.25, 0.3) is 5.91 Å². The Kier molecular flexibility index (Phi) is 5.84. The Balaban J connectivity index is 1.64. The molecule has 0 aliphatic carbocycles. The first-order chi connectivity index (χ1) is 15.1. The van der Waals surface area contributed by atoms with Crippen LogP contribution in [0.4, 0.5) is 0 Å². The Morgan fingerprint density at radius 2 is 1.69 bits per heavy atom. The second kappa shape index (κ2) is 8.45. The highest BCUT2D eigenvalue weighted by Gasteiger charge is 2.23. The third-order valence-corrected chi connectivity index (χ3v) is 7.05. The first-order valence-corrected chi connectivity index (χ1v) is 12.3. The first-order valence-electron chi connectivity index (χ1n) is 10.5. The van der Waals surface area contributed by atoms with Gasteiger partial charge in [0.05, 0.1) is 16.3 Å². The van der Waals surface area contributed by atoms with Crippen LogP contribution in [-0.4, -0.2) is 34.0 Å². The summed E-state index contributed by atoms with van der Waals surface area (Å²) < 4.78 is 18.0. The molecule has 0 fully saturated rings. The molecule has 1 atom stereocenters. The van der Waals surface area contributed by atoms with E-state index in [1.807, 2.05) is 13.0 Å². The van der Waals surface area contributed by atoms with Crippen LogP contribution in [-0.2, 0) is 16.3 Å². The van der Waals surface area contributed by atoms with Crippen molar-refractivity contribution < 1.29 is 13.7 Å². The molecule has 1 aliphatic rings. The van der Waals surface area contributed by atoms with Crippen molar-refractivity contribution in [2.45, 2.75) is 32.2 Å². The zero-order chi connectivity index (χ0) is 23.0. The summed E-state index contributed by atoms with van der Waals surface area (Å²) in [7, 11) is -2.82. The van der Waals surface area contributed by atoms with Crippen molar-refractivity contribution in [1.29, 1.82) is 0 Å². The number of ether oxygens (including phenoxy) is 1. The highest BCUT2D eigenvalue weighted by atomic mass is 32.2. The fraction of sp³-hybridized carbons (Fsp3) is 0.231. The highest BCUT2D eigenvalue weighted by molar-refractivity contribution is 7.98. The number of hydrogen-bond donors (Lipinski definition) is 1. The van der Waals surface area contributed by atoms with Gasteiger partial charge in [-0.2, -0.15) is 0 Å². The summed E-state index contributed by atoms with van der Waals surface area (Å²) in [5.74, 6) is 4.24. The molecule has 3 aromatic rings. The van der Waals surface area contributed by atoms with Crippen molar-refractivity contribution in [3.8, 4) is 16.9 Å². The zero-order valence-electron chi connectivity index (χ0n) is 18.7. The first kappa shape index (κ1) is 22.1. The average Bonchev–Trinajstić information content (AvgIpc) is 2.96. The van der Waals surface area contributed by atoms with Gasteiger partial charge in [-0.15, -0.1) is 0 Å². The van der Waals surface area contributed by atoms with Gasteiger partial charge in [-0.25, -0.2) is 4.21 Å². The molecule has 1 amide bonds. The van der Waals surface area contributed by atoms with E-state index in [0.717, 1.165) is 28.0 Å². The highest BCUT2D eigenvalue weighted by Crippen LogP contribution is 2.31. The lowest BCUT2D eigenvalue weighted by Crippen LogP contribution is -2.33. The van der Waals surface area contributed by atoms with Gasteiger partial charge >= 0.3 is 0 Å². The van der Waals surface area contributed by atoms with Crippen LogP contribution in [0.15, 0.2) is 59.5 Å². The smallest absolute Gasteiger partial charge is 0.254 e.